The van der Waals surface area contributed by atoms with Gasteiger partial charge in [0, 0.05) is 44.0 Å². The summed E-state index contributed by atoms with van der Waals surface area (Å²) in [5, 5.41) is 4.98. The summed E-state index contributed by atoms with van der Waals surface area (Å²) < 4.78 is 4.79. The van der Waals surface area contributed by atoms with Gasteiger partial charge in [-0.2, -0.15) is 0 Å². The van der Waals surface area contributed by atoms with E-state index >= 15 is 0 Å². The number of aryl methyl sites for hydroxylation is 2. The Bertz CT molecular complexity index is 3500. The van der Waals surface area contributed by atoms with E-state index in [0.717, 1.165) is 57.9 Å². The number of aromatic nitrogens is 3. The van der Waals surface area contributed by atoms with Crippen LogP contribution in [0, 0.1) is 0 Å². The van der Waals surface area contributed by atoms with Crippen LogP contribution in [0.1, 0.15) is 50.7 Å². The molecule has 0 aliphatic heterocycles. The van der Waals surface area contributed by atoms with Gasteiger partial charge in [-0.25, -0.2) is 4.98 Å². The van der Waals surface area contributed by atoms with Crippen LogP contribution in [-0.2, 0) is 12.8 Å². The van der Waals surface area contributed by atoms with E-state index in [0.29, 0.717) is 0 Å². The van der Waals surface area contributed by atoms with Crippen LogP contribution in [0.2, 0.25) is 0 Å². The minimum Gasteiger partial charge on any atom is -0.309 e. The Kier molecular flexibility index (Phi) is 11.5. The Morgan fingerprint density at radius 1 is 0.300 bits per heavy atom. The van der Waals surface area contributed by atoms with E-state index in [4.69, 9.17) is 4.98 Å². The zero-order valence-corrected chi connectivity index (χ0v) is 39.9. The molecule has 338 valence electrons. The lowest BCUT2D eigenvalue weighted by molar-refractivity contribution is 0.795. The molecule has 0 amide bonds. The van der Waals surface area contributed by atoms with Crippen LogP contribution in [-0.4, -0.2) is 14.1 Å². The fourth-order valence-corrected chi connectivity index (χ4v) is 10.6. The van der Waals surface area contributed by atoms with Crippen molar-refractivity contribution in [2.45, 2.75) is 52.4 Å². The quantitative estimate of drug-likeness (QED) is 0.113. The molecule has 0 aliphatic carbocycles. The first-order chi connectivity index (χ1) is 34.6. The van der Waals surface area contributed by atoms with Crippen molar-refractivity contribution in [2.75, 3.05) is 0 Å². The molecular weight excluding hydrogens is 847 g/mol. The van der Waals surface area contributed by atoms with Gasteiger partial charge in [-0.3, -0.25) is 0 Å². The van der Waals surface area contributed by atoms with Crippen molar-refractivity contribution in [2.24, 2.45) is 0 Å². The predicted molar refractivity (Wildman–Crippen MR) is 297 cm³/mol. The van der Waals surface area contributed by atoms with Crippen LogP contribution in [0.4, 0.5) is 0 Å². The molecule has 0 atom stereocenters. The lowest BCUT2D eigenvalue weighted by Crippen LogP contribution is -1.97. The first-order valence-corrected chi connectivity index (χ1v) is 25.1. The number of rotatable bonds is 13. The van der Waals surface area contributed by atoms with Gasteiger partial charge in [-0.15, -0.1) is 0 Å². The topological polar surface area (TPSA) is 22.8 Å². The molecule has 0 saturated carbocycles. The molecule has 0 radical (unpaired) electrons. The van der Waals surface area contributed by atoms with E-state index in [1.54, 1.807) is 0 Å². The number of para-hydroxylation sites is 4. The number of benzene rings is 9. The second-order valence-corrected chi connectivity index (χ2v) is 18.9. The van der Waals surface area contributed by atoms with Crippen molar-refractivity contribution in [1.82, 2.24) is 14.1 Å². The molecule has 0 bridgehead atoms. The van der Waals surface area contributed by atoms with Gasteiger partial charge < -0.3 is 9.13 Å². The van der Waals surface area contributed by atoms with Gasteiger partial charge in [0.05, 0.1) is 33.5 Å². The van der Waals surface area contributed by atoms with Crippen molar-refractivity contribution in [3.63, 3.8) is 0 Å². The first kappa shape index (κ1) is 43.0. The molecular formula is C67H55N3. The summed E-state index contributed by atoms with van der Waals surface area (Å²) in [6.07, 6.45) is 6.98. The molecule has 3 heteroatoms. The number of fused-ring (bicyclic) bond motifs is 6. The highest BCUT2D eigenvalue weighted by atomic mass is 15.0. The Hall–Kier alpha value is -8.27. The second-order valence-electron chi connectivity index (χ2n) is 18.9. The predicted octanol–water partition coefficient (Wildman–Crippen LogP) is 18.3. The maximum absolute atomic E-state index is 5.60. The van der Waals surface area contributed by atoms with Crippen molar-refractivity contribution in [3.8, 4) is 67.3 Å². The summed E-state index contributed by atoms with van der Waals surface area (Å²) in [5.74, 6) is 0. The lowest BCUT2D eigenvalue weighted by atomic mass is 9.91. The summed E-state index contributed by atoms with van der Waals surface area (Å²) >= 11 is 0. The van der Waals surface area contributed by atoms with Crippen molar-refractivity contribution in [1.29, 1.82) is 0 Å². The summed E-state index contributed by atoms with van der Waals surface area (Å²) in [6.45, 7) is 4.53. The first-order valence-electron chi connectivity index (χ1n) is 25.1. The highest BCUT2D eigenvalue weighted by Crippen LogP contribution is 2.39. The lowest BCUT2D eigenvalue weighted by Gasteiger charge is -2.16. The maximum atomic E-state index is 5.60. The Morgan fingerprint density at radius 2 is 0.643 bits per heavy atom. The SMILES string of the molecule is CCCCc1ccc(-c2cc(-c3ccc(CCCC)cc3)cc(-c3cc(-c4cccc(-n5c6ccccc6c6ccccc65)c4)nc(-c4cccc(-n5c6ccccc6c6ccccc65)c4)c3)c2)cc1. The minimum atomic E-state index is 0.921. The van der Waals surface area contributed by atoms with Gasteiger partial charge in [0.15, 0.2) is 0 Å². The normalized spacial score (nSPS) is 11.6. The molecule has 0 N–H and O–H groups in total. The van der Waals surface area contributed by atoms with E-state index < -0.39 is 0 Å². The van der Waals surface area contributed by atoms with Gasteiger partial charge in [0.1, 0.15) is 0 Å². The minimum absolute atomic E-state index is 0.921. The van der Waals surface area contributed by atoms with E-state index in [-0.39, 0.29) is 0 Å². The molecule has 3 nitrogen and oxygen atoms in total. The summed E-state index contributed by atoms with van der Waals surface area (Å²) in [7, 11) is 0. The zero-order valence-electron chi connectivity index (χ0n) is 39.9. The van der Waals surface area contributed by atoms with E-state index in [9.17, 15) is 0 Å². The average molecular weight is 902 g/mol. The maximum Gasteiger partial charge on any atom is 0.0716 e. The number of pyridine rings is 1. The van der Waals surface area contributed by atoms with Crippen LogP contribution in [0.15, 0.2) is 224 Å². The van der Waals surface area contributed by atoms with E-state index in [2.05, 4.69) is 247 Å². The molecule has 0 unspecified atom stereocenters. The fraction of sp³-hybridized carbons (Fsp3) is 0.119. The van der Waals surface area contributed by atoms with Gasteiger partial charge >= 0.3 is 0 Å². The van der Waals surface area contributed by atoms with E-state index in [1.807, 2.05) is 0 Å². The van der Waals surface area contributed by atoms with Crippen LogP contribution < -0.4 is 0 Å². The standard InChI is InChI=1S/C67H55N3/c1-3-5-17-46-31-35-48(36-32-46)52-39-53(49-37-33-47(34-38-49)18-6-4-2)41-54(40-52)55-44-62(50-19-15-21-56(42-50)69-64-27-11-7-23-58(64)59-24-8-12-28-65(59)69)68-63(45-55)51-20-16-22-57(43-51)70-66-29-13-9-25-60(66)61-26-10-14-30-67(61)70/h7-16,19-45H,3-6,17-18H2,1-2H3. The molecule has 3 aromatic heterocycles. The Labute approximate surface area is 411 Å². The smallest absolute Gasteiger partial charge is 0.0716 e. The van der Waals surface area contributed by atoms with Gasteiger partial charge in [0.25, 0.3) is 0 Å². The highest BCUT2D eigenvalue weighted by molar-refractivity contribution is 6.10. The van der Waals surface area contributed by atoms with Crippen LogP contribution in [0.25, 0.3) is 111 Å². The largest absolute Gasteiger partial charge is 0.309 e. The Balaban J connectivity index is 1.05. The number of nitrogens with zero attached hydrogens (tertiary/aromatic N) is 3. The summed E-state index contributed by atoms with van der Waals surface area (Å²) in [5.41, 5.74) is 20.8. The molecule has 12 rings (SSSR count). The number of hydrogen-bond acceptors (Lipinski definition) is 1. The van der Waals surface area contributed by atoms with Crippen molar-refractivity contribution >= 4 is 43.6 Å². The average Bonchev–Trinajstić information content (AvgIpc) is 3.95. The molecule has 0 spiro atoms. The Morgan fingerprint density at radius 3 is 1.01 bits per heavy atom. The third-order valence-corrected chi connectivity index (χ3v) is 14.3. The van der Waals surface area contributed by atoms with Crippen molar-refractivity contribution in [3.05, 3.63) is 236 Å². The summed E-state index contributed by atoms with van der Waals surface area (Å²) in [4.78, 5) is 5.60. The molecule has 3 heterocycles. The van der Waals surface area contributed by atoms with Crippen LogP contribution in [0.5, 0.6) is 0 Å². The van der Waals surface area contributed by atoms with E-state index in [1.165, 1.54) is 103 Å². The molecule has 0 aliphatic rings. The fourth-order valence-electron chi connectivity index (χ4n) is 10.6. The number of unbranched alkanes of at least 4 members (excludes halogenated alkanes) is 2. The molecule has 9 aromatic carbocycles. The van der Waals surface area contributed by atoms with Crippen LogP contribution in [0.3, 0.4) is 0 Å². The molecule has 70 heavy (non-hydrogen) atoms. The van der Waals surface area contributed by atoms with Crippen LogP contribution >= 0.6 is 0 Å². The second kappa shape index (κ2) is 18.7. The third kappa shape index (κ3) is 8.07. The summed E-state index contributed by atoms with van der Waals surface area (Å²) in [6, 6.07) is 83.0. The van der Waals surface area contributed by atoms with Gasteiger partial charge in [-0.1, -0.05) is 172 Å². The molecule has 0 saturated heterocycles. The zero-order chi connectivity index (χ0) is 47.0. The van der Waals surface area contributed by atoms with Gasteiger partial charge in [0.2, 0.25) is 0 Å². The third-order valence-electron chi connectivity index (χ3n) is 14.3. The van der Waals surface area contributed by atoms with Crippen molar-refractivity contribution < 1.29 is 0 Å². The number of hydrogen-bond donors (Lipinski definition) is 0. The highest BCUT2D eigenvalue weighted by Gasteiger charge is 2.17. The molecule has 12 aromatic rings. The monoisotopic (exact) mass is 901 g/mol. The van der Waals surface area contributed by atoms with Gasteiger partial charge in [-0.05, 0) is 149 Å². The molecule has 0 fully saturated rings.